The number of carbonyl (C=O) groups excluding carboxylic acids is 1. The van der Waals surface area contributed by atoms with E-state index in [0.717, 1.165) is 5.56 Å². The van der Waals surface area contributed by atoms with E-state index in [0.29, 0.717) is 18.6 Å². The van der Waals surface area contributed by atoms with E-state index >= 15 is 0 Å². The fraction of sp³-hybridized carbons (Fsp3) is 0.385. The molecular weight excluding hydrogens is 268 g/mol. The van der Waals surface area contributed by atoms with Gasteiger partial charge in [0.15, 0.2) is 0 Å². The highest BCUT2D eigenvalue weighted by atomic mass is 35.5. The quantitative estimate of drug-likeness (QED) is 0.846. The summed E-state index contributed by atoms with van der Waals surface area (Å²) in [6.07, 6.45) is 0.804. The summed E-state index contributed by atoms with van der Waals surface area (Å²) in [5.74, 6) is -0.418. The third kappa shape index (κ3) is 3.24. The van der Waals surface area contributed by atoms with Crippen molar-refractivity contribution in [3.63, 3.8) is 0 Å². The van der Waals surface area contributed by atoms with Crippen LogP contribution in [-0.2, 0) is 20.8 Å². The van der Waals surface area contributed by atoms with Crippen molar-refractivity contribution in [2.24, 2.45) is 10.9 Å². The molecule has 1 atom stereocenters. The van der Waals surface area contributed by atoms with Crippen LogP contribution in [0.4, 0.5) is 0 Å². The Hall–Kier alpha value is -1.59. The van der Waals surface area contributed by atoms with Crippen molar-refractivity contribution in [3.8, 4) is 0 Å². The summed E-state index contributed by atoms with van der Waals surface area (Å²) in [4.78, 5) is 17.3. The van der Waals surface area contributed by atoms with Gasteiger partial charge in [-0.25, -0.2) is 4.79 Å². The van der Waals surface area contributed by atoms with Crippen molar-refractivity contribution in [1.82, 2.24) is 0 Å². The van der Waals surface area contributed by atoms with E-state index in [4.69, 9.17) is 15.3 Å². The summed E-state index contributed by atoms with van der Waals surface area (Å²) >= 11 is 0. The highest BCUT2D eigenvalue weighted by Gasteiger charge is 2.47. The number of hydrogen-bond donors (Lipinski definition) is 1. The van der Waals surface area contributed by atoms with Gasteiger partial charge in [0.1, 0.15) is 0 Å². The minimum absolute atomic E-state index is 0. The van der Waals surface area contributed by atoms with Gasteiger partial charge in [-0.05, 0) is 5.56 Å². The number of benzene rings is 1. The molecule has 1 aliphatic rings. The lowest BCUT2D eigenvalue weighted by molar-refractivity contribution is -0.166. The Kier molecular flexibility index (Phi) is 5.32. The van der Waals surface area contributed by atoms with E-state index in [9.17, 15) is 4.79 Å². The second kappa shape index (κ2) is 6.54. The number of nitrogens with two attached hydrogens (primary N) is 1. The molecule has 0 bridgehead atoms. The van der Waals surface area contributed by atoms with Crippen LogP contribution in [-0.4, -0.2) is 30.9 Å². The highest BCUT2D eigenvalue weighted by molar-refractivity contribution is 5.94. The lowest BCUT2D eigenvalue weighted by Gasteiger charge is -2.23. The molecule has 2 N–H and O–H groups in total. The average Bonchev–Trinajstić information content (AvgIpc) is 2.83. The predicted octanol–water partition coefficient (Wildman–Crippen LogP) is 1.30. The predicted molar refractivity (Wildman–Crippen MR) is 74.3 cm³/mol. The summed E-state index contributed by atoms with van der Waals surface area (Å²) in [6.45, 7) is 0.285. The maximum Gasteiger partial charge on any atom is 0.353 e. The molecule has 6 heteroatoms. The number of halogens is 1. The lowest BCUT2D eigenvalue weighted by atomic mass is 9.90. The van der Waals surface area contributed by atoms with Crippen LogP contribution in [0.3, 0.4) is 0 Å². The smallest absolute Gasteiger partial charge is 0.353 e. The fourth-order valence-electron chi connectivity index (χ4n) is 2.04. The second-order valence-corrected chi connectivity index (χ2v) is 4.28. The summed E-state index contributed by atoms with van der Waals surface area (Å²) in [6, 6.07) is 9.63. The number of rotatable bonds is 4. The van der Waals surface area contributed by atoms with Crippen molar-refractivity contribution in [1.29, 1.82) is 0 Å². The van der Waals surface area contributed by atoms with E-state index in [2.05, 4.69) is 5.16 Å². The van der Waals surface area contributed by atoms with Crippen molar-refractivity contribution < 1.29 is 14.4 Å². The van der Waals surface area contributed by atoms with Crippen molar-refractivity contribution in [2.45, 2.75) is 18.4 Å². The van der Waals surface area contributed by atoms with Gasteiger partial charge in [-0.15, -0.1) is 12.4 Å². The third-order valence-electron chi connectivity index (χ3n) is 2.96. The first kappa shape index (κ1) is 15.5. The largest absolute Gasteiger partial charge is 0.466 e. The van der Waals surface area contributed by atoms with E-state index in [1.807, 2.05) is 30.3 Å². The minimum Gasteiger partial charge on any atom is -0.466 e. The number of nitrogens with zero attached hydrogens (tertiary/aromatic N) is 1. The molecule has 104 valence electrons. The lowest BCUT2D eigenvalue weighted by Crippen LogP contribution is -2.42. The summed E-state index contributed by atoms with van der Waals surface area (Å²) in [5.41, 5.74) is 6.14. The zero-order valence-electron chi connectivity index (χ0n) is 10.7. The van der Waals surface area contributed by atoms with Gasteiger partial charge in [0.05, 0.1) is 12.8 Å². The SMILES string of the molecule is COC(=O)C1(Cc2ccccc2)CC(CN)=NO1.Cl. The van der Waals surface area contributed by atoms with Crippen molar-refractivity contribution >= 4 is 24.1 Å². The van der Waals surface area contributed by atoms with Gasteiger partial charge in [-0.2, -0.15) is 0 Å². The molecule has 0 aromatic heterocycles. The molecular formula is C13H17ClN2O3. The van der Waals surface area contributed by atoms with Gasteiger partial charge in [0.2, 0.25) is 5.60 Å². The van der Waals surface area contributed by atoms with E-state index in [1.54, 1.807) is 0 Å². The van der Waals surface area contributed by atoms with Crippen LogP contribution in [0.1, 0.15) is 12.0 Å². The zero-order chi connectivity index (χ0) is 13.0. The molecule has 1 heterocycles. The molecule has 0 amide bonds. The van der Waals surface area contributed by atoms with Gasteiger partial charge < -0.3 is 15.3 Å². The molecule has 1 unspecified atom stereocenters. The molecule has 19 heavy (non-hydrogen) atoms. The van der Waals surface area contributed by atoms with Gasteiger partial charge in [0.25, 0.3) is 0 Å². The molecule has 1 aliphatic heterocycles. The number of ether oxygens (including phenoxy) is 1. The van der Waals surface area contributed by atoms with Gasteiger partial charge in [0, 0.05) is 19.4 Å². The van der Waals surface area contributed by atoms with Crippen LogP contribution in [0.5, 0.6) is 0 Å². The Morgan fingerprint density at radius 2 is 2.16 bits per heavy atom. The summed E-state index contributed by atoms with van der Waals surface area (Å²) < 4.78 is 4.82. The maximum absolute atomic E-state index is 11.9. The van der Waals surface area contributed by atoms with Crippen LogP contribution in [0, 0.1) is 0 Å². The number of carbonyl (C=O) groups is 1. The van der Waals surface area contributed by atoms with E-state index in [1.165, 1.54) is 7.11 Å². The number of oxime groups is 1. The Labute approximate surface area is 118 Å². The highest BCUT2D eigenvalue weighted by Crippen LogP contribution is 2.29. The minimum atomic E-state index is -1.06. The van der Waals surface area contributed by atoms with Crippen LogP contribution >= 0.6 is 12.4 Å². The van der Waals surface area contributed by atoms with Crippen molar-refractivity contribution in [2.75, 3.05) is 13.7 Å². The molecule has 0 fully saturated rings. The molecule has 1 aromatic rings. The zero-order valence-corrected chi connectivity index (χ0v) is 11.5. The molecule has 1 aromatic carbocycles. The molecule has 0 saturated carbocycles. The molecule has 0 saturated heterocycles. The molecule has 2 rings (SSSR count). The van der Waals surface area contributed by atoms with Crippen LogP contribution in [0.25, 0.3) is 0 Å². The number of hydrogen-bond acceptors (Lipinski definition) is 5. The van der Waals surface area contributed by atoms with Crippen LogP contribution < -0.4 is 5.73 Å². The standard InChI is InChI=1S/C13H16N2O3.ClH/c1-17-12(16)13(8-11(9-14)15-18-13)7-10-5-3-2-4-6-10;/h2-6H,7-9,14H2,1H3;1H. The first-order valence-corrected chi connectivity index (χ1v) is 5.76. The maximum atomic E-state index is 11.9. The summed E-state index contributed by atoms with van der Waals surface area (Å²) in [7, 11) is 1.35. The van der Waals surface area contributed by atoms with Crippen LogP contribution in [0.15, 0.2) is 35.5 Å². The number of esters is 1. The van der Waals surface area contributed by atoms with Gasteiger partial charge in [-0.1, -0.05) is 35.5 Å². The fourth-order valence-corrected chi connectivity index (χ4v) is 2.04. The topological polar surface area (TPSA) is 73.9 Å². The Bertz CT molecular complexity index is 464. The molecule has 0 spiro atoms. The Morgan fingerprint density at radius 1 is 1.47 bits per heavy atom. The summed E-state index contributed by atoms with van der Waals surface area (Å²) in [5, 5.41) is 3.86. The first-order valence-electron chi connectivity index (χ1n) is 5.76. The molecule has 0 radical (unpaired) electrons. The normalized spacial score (nSPS) is 21.1. The van der Waals surface area contributed by atoms with Gasteiger partial charge in [-0.3, -0.25) is 0 Å². The molecule has 0 aliphatic carbocycles. The number of methoxy groups -OCH3 is 1. The van der Waals surface area contributed by atoms with Crippen LogP contribution in [0.2, 0.25) is 0 Å². The Morgan fingerprint density at radius 3 is 2.68 bits per heavy atom. The second-order valence-electron chi connectivity index (χ2n) is 4.28. The van der Waals surface area contributed by atoms with Crippen molar-refractivity contribution in [3.05, 3.63) is 35.9 Å². The third-order valence-corrected chi connectivity index (χ3v) is 2.96. The van der Waals surface area contributed by atoms with Gasteiger partial charge >= 0.3 is 5.97 Å². The average molecular weight is 285 g/mol. The van der Waals surface area contributed by atoms with E-state index in [-0.39, 0.29) is 19.0 Å². The molecule has 5 nitrogen and oxygen atoms in total. The first-order chi connectivity index (χ1) is 8.70. The monoisotopic (exact) mass is 284 g/mol. The Balaban J connectivity index is 0.00000180. The van der Waals surface area contributed by atoms with E-state index < -0.39 is 11.6 Å².